The second-order valence-electron chi connectivity index (χ2n) is 5.52. The van der Waals surface area contributed by atoms with Crippen molar-refractivity contribution >= 4 is 5.91 Å². The Kier molecular flexibility index (Phi) is 8.97. The monoisotopic (exact) mass is 261 g/mol. The quantitative estimate of drug-likeness (QED) is 0.271. The van der Waals surface area contributed by atoms with Crippen LogP contribution in [0.25, 0.3) is 0 Å². The van der Waals surface area contributed by atoms with Gasteiger partial charge in [-0.15, -0.1) is 0 Å². The maximum atomic E-state index is 11.6. The minimum Gasteiger partial charge on any atom is -0.350 e. The van der Waals surface area contributed by atoms with Crippen molar-refractivity contribution in [3.63, 3.8) is 0 Å². The van der Waals surface area contributed by atoms with Gasteiger partial charge in [-0.1, -0.05) is 13.8 Å². The first-order valence-electron chi connectivity index (χ1n) is 6.79. The van der Waals surface area contributed by atoms with E-state index in [1.54, 1.807) is 0 Å². The number of carbonyl (C=O) groups is 1. The van der Waals surface area contributed by atoms with Gasteiger partial charge in [0.15, 0.2) is 0 Å². The van der Waals surface area contributed by atoms with Crippen LogP contribution in [-0.4, -0.2) is 56.0 Å². The van der Waals surface area contributed by atoms with Crippen LogP contribution in [0.4, 0.5) is 0 Å². The van der Waals surface area contributed by atoms with E-state index in [4.69, 9.17) is 5.26 Å². The number of rotatable bonds is 10. The van der Waals surface area contributed by atoms with Crippen LogP contribution in [0.1, 0.15) is 33.1 Å². The van der Waals surface area contributed by atoms with E-state index in [-0.39, 0.29) is 11.8 Å². The summed E-state index contributed by atoms with van der Waals surface area (Å²) in [6.07, 6.45) is 2.75. The highest BCUT2D eigenvalue weighted by Crippen LogP contribution is 2.02. The van der Waals surface area contributed by atoms with Crippen molar-refractivity contribution in [2.24, 2.45) is 5.92 Å². The van der Waals surface area contributed by atoms with E-state index in [1.165, 1.54) is 0 Å². The molecular weight excluding hydrogens is 232 g/mol. The van der Waals surface area contributed by atoms with E-state index < -0.39 is 0 Å². The minimum atomic E-state index is 0.0994. The Labute approximate surface area is 111 Å². The van der Waals surface area contributed by atoms with Gasteiger partial charge in [0.25, 0.3) is 0 Å². The van der Waals surface area contributed by atoms with Crippen LogP contribution in [-0.2, 0) is 9.68 Å². The van der Waals surface area contributed by atoms with Crippen molar-refractivity contribution in [3.8, 4) is 0 Å². The summed E-state index contributed by atoms with van der Waals surface area (Å²) in [5.74, 6) is 0.244. The van der Waals surface area contributed by atoms with Crippen LogP contribution in [0.5, 0.6) is 0 Å². The van der Waals surface area contributed by atoms with Crippen LogP contribution < -0.4 is 5.32 Å². The summed E-state index contributed by atoms with van der Waals surface area (Å²) in [5.41, 5.74) is 0. The standard InChI is InChI=1S/C13H28N2O3/c1-5-12(2)13(16)14-8-10-15(3,4)9-6-7-11-18-17/h12H,5-11H2,1-4H3,(H-,14,16,17)/p+1. The average molecular weight is 261 g/mol. The molecule has 0 aliphatic carbocycles. The maximum Gasteiger partial charge on any atom is 0.223 e. The Morgan fingerprint density at radius 3 is 2.56 bits per heavy atom. The van der Waals surface area contributed by atoms with Crippen molar-refractivity contribution in [2.45, 2.75) is 33.1 Å². The molecule has 0 aromatic rings. The fourth-order valence-corrected chi connectivity index (χ4v) is 1.66. The van der Waals surface area contributed by atoms with E-state index in [9.17, 15) is 4.79 Å². The Morgan fingerprint density at radius 1 is 1.33 bits per heavy atom. The molecule has 5 nitrogen and oxygen atoms in total. The first-order chi connectivity index (χ1) is 8.43. The van der Waals surface area contributed by atoms with Gasteiger partial charge >= 0.3 is 0 Å². The first-order valence-corrected chi connectivity index (χ1v) is 6.79. The van der Waals surface area contributed by atoms with E-state index in [0.29, 0.717) is 13.2 Å². The molecule has 0 aromatic carbocycles. The molecule has 0 fully saturated rings. The fraction of sp³-hybridized carbons (Fsp3) is 0.923. The predicted octanol–water partition coefficient (Wildman–Crippen LogP) is 1.49. The van der Waals surface area contributed by atoms with Gasteiger partial charge in [-0.05, 0) is 19.3 Å². The molecule has 0 aliphatic heterocycles. The van der Waals surface area contributed by atoms with Crippen molar-refractivity contribution in [1.29, 1.82) is 0 Å². The van der Waals surface area contributed by atoms with Gasteiger partial charge in [0.05, 0.1) is 40.3 Å². The van der Waals surface area contributed by atoms with Gasteiger partial charge in [-0.2, -0.15) is 0 Å². The lowest BCUT2D eigenvalue weighted by Gasteiger charge is -2.30. The van der Waals surface area contributed by atoms with Crippen LogP contribution in [0.3, 0.4) is 0 Å². The molecular formula is C13H29N2O3+. The van der Waals surface area contributed by atoms with Crippen LogP contribution in [0.2, 0.25) is 0 Å². The molecule has 5 heteroatoms. The summed E-state index contributed by atoms with van der Waals surface area (Å²) in [6, 6.07) is 0. The summed E-state index contributed by atoms with van der Waals surface area (Å²) < 4.78 is 0.867. The molecule has 0 rings (SSSR count). The molecule has 0 aliphatic rings. The molecule has 0 bridgehead atoms. The highest BCUT2D eigenvalue weighted by atomic mass is 17.1. The number of nitrogens with zero attached hydrogens (tertiary/aromatic N) is 1. The van der Waals surface area contributed by atoms with Crippen molar-refractivity contribution in [2.75, 3.05) is 40.3 Å². The Hall–Kier alpha value is -0.650. The second kappa shape index (κ2) is 9.30. The largest absolute Gasteiger partial charge is 0.350 e. The van der Waals surface area contributed by atoms with Crippen LogP contribution in [0, 0.1) is 5.92 Å². The lowest BCUT2D eigenvalue weighted by Crippen LogP contribution is -2.46. The van der Waals surface area contributed by atoms with Crippen LogP contribution >= 0.6 is 0 Å². The molecule has 1 unspecified atom stereocenters. The first kappa shape index (κ1) is 17.4. The number of nitrogens with one attached hydrogen (secondary N) is 1. The number of hydrogen-bond donors (Lipinski definition) is 2. The molecule has 0 saturated carbocycles. The molecule has 108 valence electrons. The summed E-state index contributed by atoms with van der Waals surface area (Å²) in [4.78, 5) is 15.6. The third kappa shape index (κ3) is 8.44. The number of hydrogen-bond acceptors (Lipinski definition) is 3. The molecule has 1 amide bonds. The molecule has 0 radical (unpaired) electrons. The zero-order chi connectivity index (χ0) is 14.0. The predicted molar refractivity (Wildman–Crippen MR) is 72.1 cm³/mol. The van der Waals surface area contributed by atoms with E-state index in [0.717, 1.165) is 36.8 Å². The Balaban J connectivity index is 3.72. The normalized spacial score (nSPS) is 13.4. The summed E-state index contributed by atoms with van der Waals surface area (Å²) in [7, 11) is 4.30. The topological polar surface area (TPSA) is 58.6 Å². The molecule has 2 N–H and O–H groups in total. The minimum absolute atomic E-state index is 0.0994. The van der Waals surface area contributed by atoms with Gasteiger partial charge < -0.3 is 9.80 Å². The Morgan fingerprint density at radius 2 is 2.00 bits per heavy atom. The van der Waals surface area contributed by atoms with E-state index >= 15 is 0 Å². The molecule has 0 aromatic heterocycles. The van der Waals surface area contributed by atoms with Crippen LogP contribution in [0.15, 0.2) is 0 Å². The Bertz CT molecular complexity index is 232. The smallest absolute Gasteiger partial charge is 0.223 e. The van der Waals surface area contributed by atoms with Crippen molar-refractivity contribution < 1.29 is 19.4 Å². The summed E-state index contributed by atoms with van der Waals surface area (Å²) >= 11 is 0. The number of quaternary nitrogens is 1. The zero-order valence-electron chi connectivity index (χ0n) is 12.2. The van der Waals surface area contributed by atoms with Gasteiger partial charge in [0, 0.05) is 5.92 Å². The maximum absolute atomic E-state index is 11.6. The average Bonchev–Trinajstić information content (AvgIpc) is 2.33. The number of carbonyl (C=O) groups excluding carboxylic acids is 1. The highest BCUT2D eigenvalue weighted by molar-refractivity contribution is 5.78. The van der Waals surface area contributed by atoms with Crippen molar-refractivity contribution in [1.82, 2.24) is 5.32 Å². The second-order valence-corrected chi connectivity index (χ2v) is 5.52. The van der Waals surface area contributed by atoms with E-state index in [1.807, 2.05) is 13.8 Å². The van der Waals surface area contributed by atoms with Gasteiger partial charge in [-0.25, -0.2) is 4.89 Å². The lowest BCUT2D eigenvalue weighted by atomic mass is 10.1. The van der Waals surface area contributed by atoms with Gasteiger partial charge in [0.2, 0.25) is 5.91 Å². The van der Waals surface area contributed by atoms with Gasteiger partial charge in [-0.3, -0.25) is 10.1 Å². The number of unbranched alkanes of at least 4 members (excludes halogenated alkanes) is 1. The summed E-state index contributed by atoms with van der Waals surface area (Å²) in [5, 5.41) is 11.2. The molecule has 1 atom stereocenters. The lowest BCUT2D eigenvalue weighted by molar-refractivity contribution is -0.889. The zero-order valence-corrected chi connectivity index (χ0v) is 12.2. The number of likely N-dealkylation sites (N-methyl/N-ethyl adjacent to an activating group) is 1. The SMILES string of the molecule is CCC(C)C(=O)NCC[N+](C)(C)CCCCOO. The fourth-order valence-electron chi connectivity index (χ4n) is 1.66. The van der Waals surface area contributed by atoms with E-state index in [2.05, 4.69) is 24.3 Å². The van der Waals surface area contributed by atoms with Crippen molar-refractivity contribution in [3.05, 3.63) is 0 Å². The molecule has 18 heavy (non-hydrogen) atoms. The molecule has 0 spiro atoms. The molecule has 0 saturated heterocycles. The third-order valence-corrected chi connectivity index (χ3v) is 3.33. The third-order valence-electron chi connectivity index (χ3n) is 3.33. The van der Waals surface area contributed by atoms with Gasteiger partial charge in [0.1, 0.15) is 0 Å². The highest BCUT2D eigenvalue weighted by Gasteiger charge is 2.16. The number of amides is 1. The summed E-state index contributed by atoms with van der Waals surface area (Å²) in [6.45, 7) is 7.01. The molecule has 0 heterocycles.